The molecular weight excluding hydrogens is 216 g/mol. The summed E-state index contributed by atoms with van der Waals surface area (Å²) in [5.41, 5.74) is 0.933. The maximum Gasteiger partial charge on any atom is 0.331 e. The molecule has 0 heterocycles. The topological polar surface area (TPSA) is 53.3 Å². The minimum Gasteiger partial charge on any atom is -0.466 e. The molecule has 4 nitrogen and oxygen atoms in total. The number of carbonyl (C=O) groups is 1. The highest BCUT2D eigenvalue weighted by Gasteiger charge is 2.02. The molecular formula is C13H14N2O2. The molecule has 88 valence electrons. The Bertz CT molecular complexity index is 421. The fourth-order valence-corrected chi connectivity index (χ4v) is 1.30. The van der Waals surface area contributed by atoms with Gasteiger partial charge in [0.25, 0.3) is 0 Å². The van der Waals surface area contributed by atoms with Crippen LogP contribution >= 0.6 is 0 Å². The zero-order valence-electron chi connectivity index (χ0n) is 9.67. The second-order valence-electron chi connectivity index (χ2n) is 3.28. The van der Waals surface area contributed by atoms with Crippen LogP contribution in [0.25, 0.3) is 0 Å². The molecule has 4 heteroatoms. The molecule has 0 fully saturated rings. The first-order valence-electron chi connectivity index (χ1n) is 5.22. The Labute approximate surface area is 101 Å². The van der Waals surface area contributed by atoms with Gasteiger partial charge in [-0.2, -0.15) is 5.26 Å². The molecule has 1 aromatic rings. The highest BCUT2D eigenvalue weighted by molar-refractivity contribution is 5.82. The van der Waals surface area contributed by atoms with Crippen LogP contribution in [0.5, 0.6) is 0 Å². The number of methoxy groups -OCH3 is 1. The summed E-state index contributed by atoms with van der Waals surface area (Å²) in [7, 11) is 1.33. The first-order valence-corrected chi connectivity index (χ1v) is 5.22. The van der Waals surface area contributed by atoms with E-state index in [4.69, 9.17) is 5.26 Å². The summed E-state index contributed by atoms with van der Waals surface area (Å²) < 4.78 is 4.52. The van der Waals surface area contributed by atoms with E-state index in [0.717, 1.165) is 5.69 Å². The van der Waals surface area contributed by atoms with Crippen LogP contribution in [0.1, 0.15) is 6.42 Å². The Balaban J connectivity index is 2.78. The molecule has 1 rings (SSSR count). The summed E-state index contributed by atoms with van der Waals surface area (Å²) in [6, 6.07) is 11.6. The number of hydrogen-bond donors (Lipinski definition) is 0. The lowest BCUT2D eigenvalue weighted by molar-refractivity contribution is -0.134. The number of para-hydroxylation sites is 1. The molecule has 1 aromatic carbocycles. The van der Waals surface area contributed by atoms with Gasteiger partial charge in [-0.05, 0) is 12.1 Å². The number of carbonyl (C=O) groups excluding carboxylic acids is 1. The predicted molar refractivity (Wildman–Crippen MR) is 65.2 cm³/mol. The van der Waals surface area contributed by atoms with Crippen molar-refractivity contribution in [3.05, 3.63) is 42.6 Å². The SMILES string of the molecule is COC(=O)C=CN(CCC#N)c1ccccc1. The minimum absolute atomic E-state index is 0.389. The second kappa shape index (κ2) is 7.07. The molecule has 0 unspecified atom stereocenters. The summed E-state index contributed by atoms with van der Waals surface area (Å²) in [5, 5.41) is 8.59. The lowest BCUT2D eigenvalue weighted by Gasteiger charge is -2.18. The van der Waals surface area contributed by atoms with Gasteiger partial charge in [-0.25, -0.2) is 4.79 Å². The molecule has 0 saturated carbocycles. The summed E-state index contributed by atoms with van der Waals surface area (Å²) in [6.45, 7) is 0.536. The zero-order valence-corrected chi connectivity index (χ0v) is 9.67. The number of nitrogens with zero attached hydrogens (tertiary/aromatic N) is 2. The molecule has 0 bridgehead atoms. The average molecular weight is 230 g/mol. The number of hydrogen-bond acceptors (Lipinski definition) is 4. The first kappa shape index (κ1) is 12.8. The molecule has 0 radical (unpaired) electrons. The van der Waals surface area contributed by atoms with Crippen molar-refractivity contribution in [3.63, 3.8) is 0 Å². The van der Waals surface area contributed by atoms with Crippen LogP contribution < -0.4 is 4.90 Å². The van der Waals surface area contributed by atoms with Crippen molar-refractivity contribution < 1.29 is 9.53 Å². The number of rotatable bonds is 5. The quantitative estimate of drug-likeness (QED) is 0.574. The fraction of sp³-hybridized carbons (Fsp3) is 0.231. The molecule has 0 amide bonds. The zero-order chi connectivity index (χ0) is 12.5. The van der Waals surface area contributed by atoms with Crippen LogP contribution in [0.15, 0.2) is 42.6 Å². The van der Waals surface area contributed by atoms with Gasteiger partial charge in [0.2, 0.25) is 0 Å². The van der Waals surface area contributed by atoms with E-state index < -0.39 is 5.97 Å². The molecule has 0 spiro atoms. The van der Waals surface area contributed by atoms with Crippen LogP contribution in [0.2, 0.25) is 0 Å². The largest absolute Gasteiger partial charge is 0.466 e. The maximum atomic E-state index is 11.0. The van der Waals surface area contributed by atoms with Gasteiger partial charge in [0.05, 0.1) is 19.6 Å². The summed E-state index contributed by atoms with van der Waals surface area (Å²) >= 11 is 0. The Morgan fingerprint density at radius 3 is 2.76 bits per heavy atom. The maximum absolute atomic E-state index is 11.0. The number of esters is 1. The summed E-state index contributed by atoms with van der Waals surface area (Å²) in [6.07, 6.45) is 3.35. The number of anilines is 1. The standard InChI is InChI=1S/C13H14N2O2/c1-17-13(16)8-11-15(10-5-9-14)12-6-3-2-4-7-12/h2-4,6-8,11H,5,10H2,1H3. The number of benzene rings is 1. The summed E-state index contributed by atoms with van der Waals surface area (Å²) in [5.74, 6) is -0.414. The third kappa shape index (κ3) is 4.39. The number of ether oxygens (including phenoxy) is 1. The van der Waals surface area contributed by atoms with Crippen LogP contribution in [0.3, 0.4) is 0 Å². The Morgan fingerprint density at radius 2 is 2.18 bits per heavy atom. The lowest BCUT2D eigenvalue weighted by atomic mass is 10.3. The van der Waals surface area contributed by atoms with Crippen LogP contribution in [0.4, 0.5) is 5.69 Å². The number of nitriles is 1. The van der Waals surface area contributed by atoms with Crippen LogP contribution in [-0.4, -0.2) is 19.6 Å². The van der Waals surface area contributed by atoms with E-state index >= 15 is 0 Å². The van der Waals surface area contributed by atoms with Crippen LogP contribution in [-0.2, 0) is 9.53 Å². The molecule has 0 aromatic heterocycles. The van der Waals surface area contributed by atoms with Gasteiger partial charge in [-0.1, -0.05) is 18.2 Å². The van der Waals surface area contributed by atoms with Gasteiger partial charge in [-0.3, -0.25) is 0 Å². The van der Waals surface area contributed by atoms with E-state index in [1.165, 1.54) is 13.2 Å². The van der Waals surface area contributed by atoms with Gasteiger partial charge >= 0.3 is 5.97 Å². The smallest absolute Gasteiger partial charge is 0.331 e. The minimum atomic E-state index is -0.414. The Kier molecular flexibility index (Phi) is 5.32. The van der Waals surface area contributed by atoms with E-state index in [1.54, 1.807) is 6.20 Å². The van der Waals surface area contributed by atoms with E-state index in [1.807, 2.05) is 35.2 Å². The molecule has 0 aliphatic heterocycles. The second-order valence-corrected chi connectivity index (χ2v) is 3.28. The van der Waals surface area contributed by atoms with Gasteiger partial charge in [0, 0.05) is 24.5 Å². The summed E-state index contributed by atoms with van der Waals surface area (Å²) in [4.78, 5) is 12.9. The predicted octanol–water partition coefficient (Wildman–Crippen LogP) is 2.09. The highest BCUT2D eigenvalue weighted by Crippen LogP contribution is 2.13. The molecule has 0 aliphatic rings. The van der Waals surface area contributed by atoms with Crippen LogP contribution in [0, 0.1) is 11.3 Å². The first-order chi connectivity index (χ1) is 8.27. The fourth-order valence-electron chi connectivity index (χ4n) is 1.30. The van der Waals surface area contributed by atoms with E-state index in [-0.39, 0.29) is 0 Å². The van der Waals surface area contributed by atoms with Crippen molar-refractivity contribution in [2.75, 3.05) is 18.6 Å². The van der Waals surface area contributed by atoms with Crippen molar-refractivity contribution in [1.29, 1.82) is 5.26 Å². The Morgan fingerprint density at radius 1 is 1.47 bits per heavy atom. The van der Waals surface area contributed by atoms with Gasteiger partial charge in [0.15, 0.2) is 0 Å². The van der Waals surface area contributed by atoms with E-state index in [9.17, 15) is 4.79 Å². The van der Waals surface area contributed by atoms with E-state index in [0.29, 0.717) is 13.0 Å². The third-order valence-electron chi connectivity index (χ3n) is 2.14. The molecule has 0 N–H and O–H groups in total. The average Bonchev–Trinajstić information content (AvgIpc) is 2.39. The Hall–Kier alpha value is -2.28. The van der Waals surface area contributed by atoms with Gasteiger partial charge in [-0.15, -0.1) is 0 Å². The van der Waals surface area contributed by atoms with Crippen molar-refractivity contribution in [1.82, 2.24) is 0 Å². The molecule has 0 aliphatic carbocycles. The lowest BCUT2D eigenvalue weighted by Crippen LogP contribution is -2.17. The van der Waals surface area contributed by atoms with Crippen molar-refractivity contribution in [2.24, 2.45) is 0 Å². The molecule has 17 heavy (non-hydrogen) atoms. The molecule has 0 saturated heterocycles. The van der Waals surface area contributed by atoms with Gasteiger partial charge in [0.1, 0.15) is 0 Å². The third-order valence-corrected chi connectivity index (χ3v) is 2.14. The molecule has 0 atom stereocenters. The van der Waals surface area contributed by atoms with Crippen molar-refractivity contribution >= 4 is 11.7 Å². The van der Waals surface area contributed by atoms with Crippen molar-refractivity contribution in [3.8, 4) is 6.07 Å². The monoisotopic (exact) mass is 230 g/mol. The highest BCUT2D eigenvalue weighted by atomic mass is 16.5. The van der Waals surface area contributed by atoms with E-state index in [2.05, 4.69) is 10.8 Å². The normalized spacial score (nSPS) is 9.88. The van der Waals surface area contributed by atoms with Gasteiger partial charge < -0.3 is 9.64 Å². The van der Waals surface area contributed by atoms with Crippen molar-refractivity contribution in [2.45, 2.75) is 6.42 Å².